The zero-order chi connectivity index (χ0) is 13.4. The first-order valence-electron chi connectivity index (χ1n) is 6.56. The molecule has 0 saturated carbocycles. The van der Waals surface area contributed by atoms with Gasteiger partial charge in [0.1, 0.15) is 5.82 Å². The molecule has 2 aromatic rings. The molecule has 0 radical (unpaired) electrons. The highest BCUT2D eigenvalue weighted by Gasteiger charge is 2.14. The lowest BCUT2D eigenvalue weighted by atomic mass is 10.1. The molecule has 0 aliphatic heterocycles. The molecular formula is C16H17FN2. The fourth-order valence-corrected chi connectivity index (χ4v) is 2.71. The molecule has 0 spiro atoms. The summed E-state index contributed by atoms with van der Waals surface area (Å²) < 4.78 is 13.4. The highest BCUT2D eigenvalue weighted by Crippen LogP contribution is 2.32. The maximum atomic E-state index is 13.4. The second kappa shape index (κ2) is 4.57. The summed E-state index contributed by atoms with van der Waals surface area (Å²) in [6, 6.07) is 10.9. The van der Waals surface area contributed by atoms with E-state index in [0.29, 0.717) is 11.4 Å². The first-order chi connectivity index (χ1) is 9.15. The third-order valence-corrected chi connectivity index (χ3v) is 3.82. The predicted molar refractivity (Wildman–Crippen MR) is 77.3 cm³/mol. The Labute approximate surface area is 112 Å². The van der Waals surface area contributed by atoms with E-state index in [1.807, 2.05) is 11.9 Å². The number of nitrogen functional groups attached to an aromatic ring is 1. The minimum Gasteiger partial charge on any atom is -0.397 e. The van der Waals surface area contributed by atoms with Crippen LogP contribution in [0.25, 0.3) is 0 Å². The van der Waals surface area contributed by atoms with Crippen molar-refractivity contribution in [3.05, 3.63) is 53.3 Å². The van der Waals surface area contributed by atoms with E-state index < -0.39 is 0 Å². The van der Waals surface area contributed by atoms with Gasteiger partial charge in [0.25, 0.3) is 0 Å². The Morgan fingerprint density at radius 2 is 1.84 bits per heavy atom. The number of rotatable bonds is 2. The van der Waals surface area contributed by atoms with Crippen molar-refractivity contribution in [1.82, 2.24) is 0 Å². The van der Waals surface area contributed by atoms with E-state index in [9.17, 15) is 4.39 Å². The minimum absolute atomic E-state index is 0.266. The van der Waals surface area contributed by atoms with E-state index in [0.717, 1.165) is 12.1 Å². The van der Waals surface area contributed by atoms with Gasteiger partial charge in [-0.15, -0.1) is 0 Å². The highest BCUT2D eigenvalue weighted by atomic mass is 19.1. The molecule has 0 atom stereocenters. The molecule has 0 saturated heterocycles. The number of hydrogen-bond donors (Lipinski definition) is 1. The van der Waals surface area contributed by atoms with Crippen LogP contribution in [0.15, 0.2) is 36.4 Å². The summed E-state index contributed by atoms with van der Waals surface area (Å²) in [6.07, 6.45) is 3.53. The van der Waals surface area contributed by atoms with Crippen molar-refractivity contribution >= 4 is 17.1 Å². The molecule has 0 amide bonds. The van der Waals surface area contributed by atoms with Crippen LogP contribution in [-0.2, 0) is 12.8 Å². The maximum absolute atomic E-state index is 13.4. The third-order valence-electron chi connectivity index (χ3n) is 3.82. The second-order valence-electron chi connectivity index (χ2n) is 5.07. The molecule has 3 heteroatoms. The quantitative estimate of drug-likeness (QED) is 0.831. The van der Waals surface area contributed by atoms with Gasteiger partial charge in [0.15, 0.2) is 0 Å². The molecule has 2 nitrogen and oxygen atoms in total. The first kappa shape index (κ1) is 12.0. The van der Waals surface area contributed by atoms with Crippen LogP contribution in [0.2, 0.25) is 0 Å². The van der Waals surface area contributed by atoms with Crippen LogP contribution < -0.4 is 10.6 Å². The van der Waals surface area contributed by atoms with Crippen LogP contribution in [0.5, 0.6) is 0 Å². The molecule has 1 aliphatic carbocycles. The number of nitrogens with zero attached hydrogens (tertiary/aromatic N) is 1. The van der Waals surface area contributed by atoms with E-state index in [4.69, 9.17) is 5.73 Å². The zero-order valence-electron chi connectivity index (χ0n) is 11.0. The standard InChI is InChI=1S/C16H17FN2/c1-19(16-10-13(17)6-8-15(16)18)14-7-5-11-3-2-4-12(11)9-14/h5-10H,2-4,18H2,1H3. The number of nitrogens with two attached hydrogens (primary N) is 1. The molecular weight excluding hydrogens is 239 g/mol. The molecule has 0 bridgehead atoms. The fraction of sp³-hybridized carbons (Fsp3) is 0.250. The van der Waals surface area contributed by atoms with Gasteiger partial charge in [0.2, 0.25) is 0 Å². The summed E-state index contributed by atoms with van der Waals surface area (Å²) in [5.74, 6) is -0.266. The number of hydrogen-bond acceptors (Lipinski definition) is 2. The van der Waals surface area contributed by atoms with Crippen LogP contribution in [0.3, 0.4) is 0 Å². The van der Waals surface area contributed by atoms with Crippen molar-refractivity contribution in [2.45, 2.75) is 19.3 Å². The molecule has 2 N–H and O–H groups in total. The molecule has 3 rings (SSSR count). The van der Waals surface area contributed by atoms with E-state index in [2.05, 4.69) is 18.2 Å². The summed E-state index contributed by atoms with van der Waals surface area (Å²) in [4.78, 5) is 1.94. The second-order valence-corrected chi connectivity index (χ2v) is 5.07. The lowest BCUT2D eigenvalue weighted by Crippen LogP contribution is -2.12. The molecule has 19 heavy (non-hydrogen) atoms. The van der Waals surface area contributed by atoms with Crippen molar-refractivity contribution in [3.8, 4) is 0 Å². The van der Waals surface area contributed by atoms with Crippen LogP contribution in [0, 0.1) is 5.82 Å². The summed E-state index contributed by atoms with van der Waals surface area (Å²) in [5, 5.41) is 0. The minimum atomic E-state index is -0.266. The lowest BCUT2D eigenvalue weighted by molar-refractivity contribution is 0.628. The Bertz CT molecular complexity index is 622. The molecule has 0 heterocycles. The van der Waals surface area contributed by atoms with Crippen LogP contribution in [0.4, 0.5) is 21.5 Å². The van der Waals surface area contributed by atoms with E-state index >= 15 is 0 Å². The highest BCUT2D eigenvalue weighted by molar-refractivity contribution is 5.74. The number of benzene rings is 2. The normalized spacial score (nSPS) is 13.4. The largest absolute Gasteiger partial charge is 0.397 e. The van der Waals surface area contributed by atoms with Crippen molar-refractivity contribution < 1.29 is 4.39 Å². The third kappa shape index (κ3) is 2.16. The molecule has 2 aromatic carbocycles. The predicted octanol–water partition coefficient (Wildman–Crippen LogP) is 3.66. The zero-order valence-corrected chi connectivity index (χ0v) is 11.0. The van der Waals surface area contributed by atoms with Crippen molar-refractivity contribution in [3.63, 3.8) is 0 Å². The molecule has 1 aliphatic rings. The van der Waals surface area contributed by atoms with Gasteiger partial charge in [0.05, 0.1) is 11.4 Å². The number of aryl methyl sites for hydroxylation is 2. The van der Waals surface area contributed by atoms with Gasteiger partial charge in [-0.05, 0) is 60.7 Å². The Morgan fingerprint density at radius 1 is 1.05 bits per heavy atom. The molecule has 98 valence electrons. The smallest absolute Gasteiger partial charge is 0.125 e. The van der Waals surface area contributed by atoms with E-state index in [-0.39, 0.29) is 5.82 Å². The SMILES string of the molecule is CN(c1ccc2c(c1)CCC2)c1cc(F)ccc1N. The van der Waals surface area contributed by atoms with Gasteiger partial charge < -0.3 is 10.6 Å². The van der Waals surface area contributed by atoms with Crippen LogP contribution >= 0.6 is 0 Å². The summed E-state index contributed by atoms with van der Waals surface area (Å²) in [7, 11) is 1.92. The Hall–Kier alpha value is -2.03. The van der Waals surface area contributed by atoms with Gasteiger partial charge in [-0.3, -0.25) is 0 Å². The average Bonchev–Trinajstić information content (AvgIpc) is 2.88. The van der Waals surface area contributed by atoms with Crippen LogP contribution in [-0.4, -0.2) is 7.05 Å². The monoisotopic (exact) mass is 256 g/mol. The summed E-state index contributed by atoms with van der Waals surface area (Å²) in [5.41, 5.74) is 11.1. The van der Waals surface area contributed by atoms with Crippen molar-refractivity contribution in [2.24, 2.45) is 0 Å². The Balaban J connectivity index is 1.99. The topological polar surface area (TPSA) is 29.3 Å². The maximum Gasteiger partial charge on any atom is 0.125 e. The summed E-state index contributed by atoms with van der Waals surface area (Å²) >= 11 is 0. The van der Waals surface area contributed by atoms with Gasteiger partial charge >= 0.3 is 0 Å². The average molecular weight is 256 g/mol. The van der Waals surface area contributed by atoms with E-state index in [1.165, 1.54) is 36.1 Å². The molecule has 0 unspecified atom stereocenters. The van der Waals surface area contributed by atoms with Crippen LogP contribution in [0.1, 0.15) is 17.5 Å². The Kier molecular flexibility index (Phi) is 2.90. The van der Waals surface area contributed by atoms with Gasteiger partial charge in [-0.25, -0.2) is 4.39 Å². The van der Waals surface area contributed by atoms with Gasteiger partial charge in [-0.2, -0.15) is 0 Å². The summed E-state index contributed by atoms with van der Waals surface area (Å²) in [6.45, 7) is 0. The lowest BCUT2D eigenvalue weighted by Gasteiger charge is -2.22. The number of halogens is 1. The van der Waals surface area contributed by atoms with Crippen molar-refractivity contribution in [2.75, 3.05) is 17.7 Å². The molecule has 0 fully saturated rings. The van der Waals surface area contributed by atoms with Gasteiger partial charge in [-0.1, -0.05) is 6.07 Å². The number of fused-ring (bicyclic) bond motifs is 1. The van der Waals surface area contributed by atoms with E-state index in [1.54, 1.807) is 6.07 Å². The van der Waals surface area contributed by atoms with Gasteiger partial charge in [0, 0.05) is 12.7 Å². The van der Waals surface area contributed by atoms with Crippen molar-refractivity contribution in [1.29, 1.82) is 0 Å². The first-order valence-corrected chi connectivity index (χ1v) is 6.56. The number of anilines is 3. The fourth-order valence-electron chi connectivity index (χ4n) is 2.71. The Morgan fingerprint density at radius 3 is 2.68 bits per heavy atom. The molecule has 0 aromatic heterocycles.